The lowest BCUT2D eigenvalue weighted by atomic mass is 9.90. The van der Waals surface area contributed by atoms with Crippen molar-refractivity contribution in [3.63, 3.8) is 0 Å². The average Bonchev–Trinajstić information content (AvgIpc) is 2.29. The second-order valence-corrected chi connectivity index (χ2v) is 4.70. The maximum absolute atomic E-state index is 10.9. The minimum absolute atomic E-state index is 0.395. The highest BCUT2D eigenvalue weighted by molar-refractivity contribution is 5.57. The van der Waals surface area contributed by atoms with Gasteiger partial charge in [0.2, 0.25) is 0 Å². The summed E-state index contributed by atoms with van der Waals surface area (Å²) in [5.74, 6) is 0.804. The Morgan fingerprint density at radius 2 is 1.94 bits per heavy atom. The molecule has 0 unspecified atom stereocenters. The van der Waals surface area contributed by atoms with Crippen molar-refractivity contribution in [2.24, 2.45) is 5.41 Å². The molecule has 0 aliphatic carbocycles. The molecule has 1 radical (unpaired) electrons. The molecule has 0 spiro atoms. The van der Waals surface area contributed by atoms with Crippen molar-refractivity contribution in [2.45, 2.75) is 26.6 Å². The van der Waals surface area contributed by atoms with E-state index in [9.17, 15) is 4.79 Å². The van der Waals surface area contributed by atoms with Gasteiger partial charge in [-0.25, -0.2) is 0 Å². The number of aldehydes is 1. The summed E-state index contributed by atoms with van der Waals surface area (Å²) < 4.78 is 10.6. The first-order chi connectivity index (χ1) is 7.97. The first-order valence-electron chi connectivity index (χ1n) is 5.52. The lowest BCUT2D eigenvalue weighted by Gasteiger charge is -2.25. The third-order valence-electron chi connectivity index (χ3n) is 2.48. The molecule has 0 bridgehead atoms. The van der Waals surface area contributed by atoms with Crippen molar-refractivity contribution < 1.29 is 14.3 Å². The maximum atomic E-state index is 10.9. The molecule has 0 fully saturated rings. The topological polar surface area (TPSA) is 35.5 Å². The standard InChI is InChI=1S/C14H19O3/c1-14(2,3)13(9-15)17-10-11-5-7-12(16-4)8-6-11/h5-9,13H,1,10H2,2-4H3/t13-/m0/s1. The minimum atomic E-state index is -0.496. The van der Waals surface area contributed by atoms with Crippen LogP contribution in [-0.2, 0) is 16.1 Å². The van der Waals surface area contributed by atoms with E-state index in [2.05, 4.69) is 6.92 Å². The molecule has 0 N–H and O–H groups in total. The van der Waals surface area contributed by atoms with E-state index in [1.807, 2.05) is 38.1 Å². The molecule has 0 saturated carbocycles. The van der Waals surface area contributed by atoms with Crippen LogP contribution in [0, 0.1) is 12.3 Å². The van der Waals surface area contributed by atoms with E-state index in [4.69, 9.17) is 9.47 Å². The highest BCUT2D eigenvalue weighted by Crippen LogP contribution is 2.21. The van der Waals surface area contributed by atoms with E-state index in [1.54, 1.807) is 7.11 Å². The van der Waals surface area contributed by atoms with Gasteiger partial charge in [-0.05, 0) is 30.0 Å². The van der Waals surface area contributed by atoms with E-state index in [0.29, 0.717) is 6.61 Å². The Hall–Kier alpha value is -1.35. The molecule has 0 amide bonds. The monoisotopic (exact) mass is 235 g/mol. The van der Waals surface area contributed by atoms with Crippen LogP contribution in [0.5, 0.6) is 5.75 Å². The summed E-state index contributed by atoms with van der Waals surface area (Å²) in [7, 11) is 1.62. The highest BCUT2D eigenvalue weighted by atomic mass is 16.5. The SMILES string of the molecule is [CH2]C(C)(C)[C@H](C=O)OCc1ccc(OC)cc1. The molecule has 3 nitrogen and oxygen atoms in total. The van der Waals surface area contributed by atoms with Crippen LogP contribution in [-0.4, -0.2) is 19.5 Å². The number of methoxy groups -OCH3 is 1. The van der Waals surface area contributed by atoms with Crippen LogP contribution < -0.4 is 4.74 Å². The molecule has 93 valence electrons. The quantitative estimate of drug-likeness (QED) is 0.711. The summed E-state index contributed by atoms with van der Waals surface area (Å²) >= 11 is 0. The van der Waals surface area contributed by atoms with Gasteiger partial charge in [-0.15, -0.1) is 0 Å². The zero-order chi connectivity index (χ0) is 12.9. The van der Waals surface area contributed by atoms with Crippen molar-refractivity contribution in [3.8, 4) is 5.75 Å². The van der Waals surface area contributed by atoms with E-state index < -0.39 is 11.5 Å². The van der Waals surface area contributed by atoms with Crippen molar-refractivity contribution >= 4 is 6.29 Å². The van der Waals surface area contributed by atoms with Gasteiger partial charge in [0, 0.05) is 0 Å². The summed E-state index contributed by atoms with van der Waals surface area (Å²) in [4.78, 5) is 10.9. The molecule has 17 heavy (non-hydrogen) atoms. The second-order valence-electron chi connectivity index (χ2n) is 4.70. The van der Waals surface area contributed by atoms with Gasteiger partial charge in [0.15, 0.2) is 0 Å². The first kappa shape index (κ1) is 13.7. The van der Waals surface area contributed by atoms with E-state index in [1.165, 1.54) is 0 Å². The molecule has 1 rings (SSSR count). The molecule has 3 heteroatoms. The third kappa shape index (κ3) is 4.19. The van der Waals surface area contributed by atoms with Crippen LogP contribution in [0.3, 0.4) is 0 Å². The smallest absolute Gasteiger partial charge is 0.149 e. The van der Waals surface area contributed by atoms with Crippen LogP contribution in [0.25, 0.3) is 0 Å². The van der Waals surface area contributed by atoms with Gasteiger partial charge >= 0.3 is 0 Å². The molecule has 1 atom stereocenters. The largest absolute Gasteiger partial charge is 0.497 e. The van der Waals surface area contributed by atoms with Gasteiger partial charge in [-0.1, -0.05) is 26.0 Å². The fourth-order valence-corrected chi connectivity index (χ4v) is 1.36. The van der Waals surface area contributed by atoms with Crippen molar-refractivity contribution in [2.75, 3.05) is 7.11 Å². The zero-order valence-corrected chi connectivity index (χ0v) is 10.6. The van der Waals surface area contributed by atoms with Gasteiger partial charge in [0.1, 0.15) is 18.1 Å². The normalized spacial score (nSPS) is 13.2. The lowest BCUT2D eigenvalue weighted by Crippen LogP contribution is -2.30. The minimum Gasteiger partial charge on any atom is -0.497 e. The van der Waals surface area contributed by atoms with E-state index >= 15 is 0 Å². The highest BCUT2D eigenvalue weighted by Gasteiger charge is 2.24. The molecule has 0 saturated heterocycles. The van der Waals surface area contributed by atoms with Crippen molar-refractivity contribution in [1.29, 1.82) is 0 Å². The van der Waals surface area contributed by atoms with Crippen LogP contribution in [0.1, 0.15) is 19.4 Å². The number of rotatable bonds is 6. The van der Waals surface area contributed by atoms with Crippen molar-refractivity contribution in [1.82, 2.24) is 0 Å². The van der Waals surface area contributed by atoms with Gasteiger partial charge in [-0.2, -0.15) is 0 Å². The zero-order valence-electron chi connectivity index (χ0n) is 10.6. The van der Waals surface area contributed by atoms with Crippen molar-refractivity contribution in [3.05, 3.63) is 36.8 Å². The summed E-state index contributed by atoms with van der Waals surface area (Å²) in [5.41, 5.74) is 0.579. The second kappa shape index (κ2) is 5.82. The Bertz CT molecular complexity index is 349. The number of hydrogen-bond donors (Lipinski definition) is 0. The molecule has 0 aliphatic heterocycles. The van der Waals surface area contributed by atoms with Crippen LogP contribution in [0.4, 0.5) is 0 Å². The van der Waals surface area contributed by atoms with Crippen LogP contribution >= 0.6 is 0 Å². The summed E-state index contributed by atoms with van der Waals surface area (Å²) in [6, 6.07) is 7.56. The van der Waals surface area contributed by atoms with Crippen LogP contribution in [0.2, 0.25) is 0 Å². The number of benzene rings is 1. The lowest BCUT2D eigenvalue weighted by molar-refractivity contribution is -0.124. The van der Waals surface area contributed by atoms with E-state index in [-0.39, 0.29) is 0 Å². The summed E-state index contributed by atoms with van der Waals surface area (Å²) in [6.07, 6.45) is 0.306. The number of carbonyl (C=O) groups is 1. The Kier molecular flexibility index (Phi) is 4.70. The predicted molar refractivity (Wildman–Crippen MR) is 66.8 cm³/mol. The Morgan fingerprint density at radius 3 is 2.35 bits per heavy atom. The number of ether oxygens (including phenoxy) is 2. The molecule has 0 aliphatic rings. The van der Waals surface area contributed by atoms with Gasteiger partial charge in [-0.3, -0.25) is 0 Å². The third-order valence-corrected chi connectivity index (χ3v) is 2.48. The number of hydrogen-bond acceptors (Lipinski definition) is 3. The summed E-state index contributed by atoms with van der Waals surface area (Å²) in [6.45, 7) is 8.05. The Labute approximate surface area is 103 Å². The molecule has 1 aromatic carbocycles. The Balaban J connectivity index is 2.57. The molecule has 0 heterocycles. The van der Waals surface area contributed by atoms with E-state index in [0.717, 1.165) is 17.6 Å². The van der Waals surface area contributed by atoms with Gasteiger partial charge in [0.05, 0.1) is 13.7 Å². The van der Waals surface area contributed by atoms with Gasteiger partial charge < -0.3 is 14.3 Å². The van der Waals surface area contributed by atoms with Crippen LogP contribution in [0.15, 0.2) is 24.3 Å². The number of carbonyl (C=O) groups excluding carboxylic acids is 1. The fourth-order valence-electron chi connectivity index (χ4n) is 1.36. The van der Waals surface area contributed by atoms with Gasteiger partial charge in [0.25, 0.3) is 0 Å². The predicted octanol–water partition coefficient (Wildman–Crippen LogP) is 2.64. The average molecular weight is 235 g/mol. The molecular weight excluding hydrogens is 216 g/mol. The fraction of sp³-hybridized carbons (Fsp3) is 0.429. The molecule has 1 aromatic rings. The molecular formula is C14H19O3. The summed E-state index contributed by atoms with van der Waals surface area (Å²) in [5, 5.41) is 0. The maximum Gasteiger partial charge on any atom is 0.149 e. The Morgan fingerprint density at radius 1 is 1.35 bits per heavy atom. The first-order valence-corrected chi connectivity index (χ1v) is 5.52. The molecule has 0 aromatic heterocycles.